The molecule has 2 aromatic carbocycles. The summed E-state index contributed by atoms with van der Waals surface area (Å²) in [5.41, 5.74) is 0.989. The number of benzene rings is 2. The molecule has 0 aliphatic carbocycles. The van der Waals surface area contributed by atoms with E-state index in [2.05, 4.69) is 10.2 Å². The lowest BCUT2D eigenvalue weighted by Crippen LogP contribution is -1.96. The van der Waals surface area contributed by atoms with Crippen molar-refractivity contribution in [2.45, 2.75) is 10.1 Å². The van der Waals surface area contributed by atoms with Crippen LogP contribution in [0.25, 0.3) is 11.4 Å². The summed E-state index contributed by atoms with van der Waals surface area (Å²) in [4.78, 5) is 0.681. The Balaban J connectivity index is 1.58. The van der Waals surface area contributed by atoms with Gasteiger partial charge in [-0.2, -0.15) is 0 Å². The van der Waals surface area contributed by atoms with Crippen molar-refractivity contribution in [1.82, 2.24) is 14.8 Å². The van der Waals surface area contributed by atoms with E-state index in [1.54, 1.807) is 31.0 Å². The molecule has 7 heteroatoms. The predicted molar refractivity (Wildman–Crippen MR) is 101 cm³/mol. The second-order valence-corrected chi connectivity index (χ2v) is 7.42. The molecule has 0 aliphatic rings. The standard InChI is InChI=1S/C18H18FN3OS2/c1-22-17(13-7-9-14(23-2)10-8-13)20-21-18(22)25-12-11-24-16-6-4-3-5-15(16)19/h3-10H,11-12H2,1-2H3. The molecule has 4 nitrogen and oxygen atoms in total. The summed E-state index contributed by atoms with van der Waals surface area (Å²) < 4.78 is 20.7. The van der Waals surface area contributed by atoms with E-state index in [4.69, 9.17) is 4.74 Å². The van der Waals surface area contributed by atoms with Gasteiger partial charge in [-0.1, -0.05) is 23.9 Å². The van der Waals surface area contributed by atoms with Crippen molar-refractivity contribution in [1.29, 1.82) is 0 Å². The van der Waals surface area contributed by atoms with Gasteiger partial charge in [0.05, 0.1) is 7.11 Å². The first kappa shape index (κ1) is 17.8. The highest BCUT2D eigenvalue weighted by atomic mass is 32.2. The van der Waals surface area contributed by atoms with Crippen molar-refractivity contribution < 1.29 is 9.13 Å². The molecule has 0 unspecified atom stereocenters. The molecule has 3 aromatic rings. The average Bonchev–Trinajstić information content (AvgIpc) is 3.01. The summed E-state index contributed by atoms with van der Waals surface area (Å²) in [6.45, 7) is 0. The van der Waals surface area contributed by atoms with E-state index in [9.17, 15) is 4.39 Å². The van der Waals surface area contributed by atoms with Gasteiger partial charge < -0.3 is 9.30 Å². The SMILES string of the molecule is COc1ccc(-c2nnc(SCCSc3ccccc3F)n2C)cc1. The molecular weight excluding hydrogens is 357 g/mol. The number of thioether (sulfide) groups is 2. The van der Waals surface area contributed by atoms with E-state index in [1.165, 1.54) is 17.8 Å². The van der Waals surface area contributed by atoms with Gasteiger partial charge >= 0.3 is 0 Å². The molecule has 1 aromatic heterocycles. The van der Waals surface area contributed by atoms with Gasteiger partial charge in [-0.25, -0.2) is 4.39 Å². The molecule has 0 aliphatic heterocycles. The monoisotopic (exact) mass is 375 g/mol. The van der Waals surface area contributed by atoms with Crippen LogP contribution >= 0.6 is 23.5 Å². The highest BCUT2D eigenvalue weighted by Crippen LogP contribution is 2.26. The summed E-state index contributed by atoms with van der Waals surface area (Å²) in [5, 5.41) is 9.38. The van der Waals surface area contributed by atoms with Crippen LogP contribution in [-0.4, -0.2) is 33.4 Å². The third-order valence-corrected chi connectivity index (χ3v) is 5.92. The van der Waals surface area contributed by atoms with E-state index < -0.39 is 0 Å². The number of halogens is 1. The lowest BCUT2D eigenvalue weighted by molar-refractivity contribution is 0.415. The highest BCUT2D eigenvalue weighted by molar-refractivity contribution is 8.02. The van der Waals surface area contributed by atoms with Crippen LogP contribution in [0.1, 0.15) is 0 Å². The molecular formula is C18H18FN3OS2. The summed E-state index contributed by atoms with van der Waals surface area (Å²) in [7, 11) is 3.59. The summed E-state index contributed by atoms with van der Waals surface area (Å²) in [5.74, 6) is 3.08. The smallest absolute Gasteiger partial charge is 0.191 e. The minimum atomic E-state index is -0.169. The molecule has 25 heavy (non-hydrogen) atoms. The zero-order chi connectivity index (χ0) is 17.6. The topological polar surface area (TPSA) is 39.9 Å². The fourth-order valence-corrected chi connectivity index (χ4v) is 4.11. The zero-order valence-electron chi connectivity index (χ0n) is 14.0. The van der Waals surface area contributed by atoms with Gasteiger partial charge in [0, 0.05) is 29.0 Å². The van der Waals surface area contributed by atoms with E-state index in [0.717, 1.165) is 33.8 Å². The van der Waals surface area contributed by atoms with Gasteiger partial charge in [0.15, 0.2) is 11.0 Å². The van der Waals surface area contributed by atoms with E-state index in [0.29, 0.717) is 4.90 Å². The maximum absolute atomic E-state index is 13.6. The van der Waals surface area contributed by atoms with Crippen LogP contribution in [0.3, 0.4) is 0 Å². The first-order chi connectivity index (χ1) is 12.2. The van der Waals surface area contributed by atoms with Crippen LogP contribution in [0.15, 0.2) is 58.6 Å². The number of methoxy groups -OCH3 is 1. The van der Waals surface area contributed by atoms with Gasteiger partial charge in [0.1, 0.15) is 11.6 Å². The van der Waals surface area contributed by atoms with Crippen LogP contribution in [-0.2, 0) is 7.05 Å². The van der Waals surface area contributed by atoms with Crippen LogP contribution in [0.5, 0.6) is 5.75 Å². The van der Waals surface area contributed by atoms with Crippen LogP contribution in [0, 0.1) is 5.82 Å². The second-order valence-electron chi connectivity index (χ2n) is 5.22. The lowest BCUT2D eigenvalue weighted by atomic mass is 10.2. The Morgan fingerprint density at radius 2 is 1.72 bits per heavy atom. The first-order valence-electron chi connectivity index (χ1n) is 7.73. The van der Waals surface area contributed by atoms with Gasteiger partial charge in [0.25, 0.3) is 0 Å². The fraction of sp³-hybridized carbons (Fsp3) is 0.222. The van der Waals surface area contributed by atoms with Crippen molar-refractivity contribution in [3.63, 3.8) is 0 Å². The third kappa shape index (κ3) is 4.35. The first-order valence-corrected chi connectivity index (χ1v) is 9.70. The molecule has 0 amide bonds. The average molecular weight is 375 g/mol. The van der Waals surface area contributed by atoms with E-state index >= 15 is 0 Å². The Morgan fingerprint density at radius 1 is 1.00 bits per heavy atom. The molecule has 0 bridgehead atoms. The van der Waals surface area contributed by atoms with Crippen molar-refractivity contribution in [3.8, 4) is 17.1 Å². The van der Waals surface area contributed by atoms with E-state index in [1.807, 2.05) is 41.9 Å². The highest BCUT2D eigenvalue weighted by Gasteiger charge is 2.11. The Bertz CT molecular complexity index is 837. The molecule has 0 saturated carbocycles. The third-order valence-electron chi connectivity index (χ3n) is 3.59. The summed E-state index contributed by atoms with van der Waals surface area (Å²) >= 11 is 3.13. The quantitative estimate of drug-likeness (QED) is 0.449. The lowest BCUT2D eigenvalue weighted by Gasteiger charge is -2.05. The number of rotatable bonds is 7. The Labute approximate surface area is 154 Å². The zero-order valence-corrected chi connectivity index (χ0v) is 15.6. The minimum absolute atomic E-state index is 0.169. The molecule has 0 N–H and O–H groups in total. The molecule has 3 rings (SSSR count). The molecule has 0 spiro atoms. The maximum atomic E-state index is 13.6. The van der Waals surface area contributed by atoms with E-state index in [-0.39, 0.29) is 5.82 Å². The van der Waals surface area contributed by atoms with Gasteiger partial charge in [-0.05, 0) is 36.4 Å². The van der Waals surface area contributed by atoms with Crippen LogP contribution < -0.4 is 4.74 Å². The Hall–Kier alpha value is -1.99. The number of nitrogens with zero attached hydrogens (tertiary/aromatic N) is 3. The molecule has 0 saturated heterocycles. The Morgan fingerprint density at radius 3 is 2.44 bits per heavy atom. The molecule has 0 atom stereocenters. The maximum Gasteiger partial charge on any atom is 0.191 e. The summed E-state index contributed by atoms with van der Waals surface area (Å²) in [6.07, 6.45) is 0. The summed E-state index contributed by atoms with van der Waals surface area (Å²) in [6, 6.07) is 14.6. The molecule has 0 radical (unpaired) electrons. The number of hydrogen-bond donors (Lipinski definition) is 0. The molecule has 130 valence electrons. The van der Waals surface area contributed by atoms with Crippen molar-refractivity contribution >= 4 is 23.5 Å². The van der Waals surface area contributed by atoms with Gasteiger partial charge in [0.2, 0.25) is 0 Å². The Kier molecular flexibility index (Phi) is 5.99. The number of aromatic nitrogens is 3. The predicted octanol–water partition coefficient (Wildman–Crippen LogP) is 4.51. The number of ether oxygens (including phenoxy) is 1. The second kappa shape index (κ2) is 8.40. The van der Waals surface area contributed by atoms with Gasteiger partial charge in [-0.15, -0.1) is 22.0 Å². The fourth-order valence-electron chi connectivity index (χ4n) is 2.28. The van der Waals surface area contributed by atoms with Crippen LogP contribution in [0.2, 0.25) is 0 Å². The number of hydrogen-bond acceptors (Lipinski definition) is 5. The largest absolute Gasteiger partial charge is 0.497 e. The normalized spacial score (nSPS) is 10.8. The van der Waals surface area contributed by atoms with Crippen molar-refractivity contribution in [2.75, 3.05) is 18.6 Å². The minimum Gasteiger partial charge on any atom is -0.497 e. The molecule has 0 fully saturated rings. The molecule has 1 heterocycles. The van der Waals surface area contributed by atoms with Crippen LogP contribution in [0.4, 0.5) is 4.39 Å². The van der Waals surface area contributed by atoms with Crippen molar-refractivity contribution in [3.05, 3.63) is 54.3 Å². The van der Waals surface area contributed by atoms with Gasteiger partial charge in [-0.3, -0.25) is 0 Å². The van der Waals surface area contributed by atoms with Crippen molar-refractivity contribution in [2.24, 2.45) is 7.05 Å².